The lowest BCUT2D eigenvalue weighted by molar-refractivity contribution is -0.171. The summed E-state index contributed by atoms with van der Waals surface area (Å²) in [4.78, 5) is 23.8. The molecule has 0 aliphatic rings. The fraction of sp³-hybridized carbons (Fsp3) is 0.467. The number of aliphatic carboxylic acids is 1. The normalized spacial score (nSPS) is 15.2. The van der Waals surface area contributed by atoms with Crippen molar-refractivity contribution < 1.29 is 24.5 Å². The molecule has 2 atom stereocenters. The predicted molar refractivity (Wildman–Crippen MR) is 73.1 cm³/mol. The van der Waals surface area contributed by atoms with Gasteiger partial charge in [0.2, 0.25) is 0 Å². The Morgan fingerprint density at radius 2 is 1.90 bits per heavy atom. The van der Waals surface area contributed by atoms with Crippen molar-refractivity contribution in [2.45, 2.75) is 32.8 Å². The number of hydrogen-bond acceptors (Lipinski definition) is 4. The molecule has 1 aromatic rings. The fourth-order valence-electron chi connectivity index (χ4n) is 2.20. The Bertz CT molecular complexity index is 455. The first kappa shape index (κ1) is 16.2. The number of hydrogen-bond donors (Lipinski definition) is 2. The van der Waals surface area contributed by atoms with Crippen LogP contribution in [0.5, 0.6) is 0 Å². The molecule has 0 fully saturated rings. The minimum Gasteiger partial charge on any atom is -0.480 e. The number of aliphatic hydroxyl groups is 1. The largest absolute Gasteiger partial charge is 0.480 e. The van der Waals surface area contributed by atoms with Gasteiger partial charge in [0.15, 0.2) is 5.41 Å². The molecule has 0 saturated carbocycles. The average Bonchev–Trinajstić information content (AvgIpc) is 2.38. The van der Waals surface area contributed by atoms with Crippen LogP contribution in [0.4, 0.5) is 0 Å². The number of esters is 1. The second-order valence-corrected chi connectivity index (χ2v) is 4.82. The molecule has 1 rings (SSSR count). The van der Waals surface area contributed by atoms with Crippen molar-refractivity contribution in [1.29, 1.82) is 0 Å². The van der Waals surface area contributed by atoms with Crippen LogP contribution in [-0.2, 0) is 20.7 Å². The van der Waals surface area contributed by atoms with Gasteiger partial charge < -0.3 is 14.9 Å². The van der Waals surface area contributed by atoms with Crippen LogP contribution in [0.25, 0.3) is 0 Å². The minimum atomic E-state index is -1.76. The van der Waals surface area contributed by atoms with E-state index in [4.69, 9.17) is 4.74 Å². The number of aliphatic hydroxyl groups excluding tert-OH is 1. The van der Waals surface area contributed by atoms with E-state index in [1.165, 1.54) is 6.92 Å². The molecule has 110 valence electrons. The van der Waals surface area contributed by atoms with Gasteiger partial charge in [-0.15, -0.1) is 0 Å². The molecule has 0 aliphatic heterocycles. The standard InChI is InChI=1S/C15H20O5/c1-3-20-14(19)15(13(17)18,9-11(2)16)10-12-7-5-4-6-8-12/h4-8,11,16H,3,9-10H2,1-2H3,(H,17,18). The van der Waals surface area contributed by atoms with Crippen molar-refractivity contribution in [2.24, 2.45) is 5.41 Å². The van der Waals surface area contributed by atoms with Crippen molar-refractivity contribution >= 4 is 11.9 Å². The Balaban J connectivity index is 3.15. The van der Waals surface area contributed by atoms with E-state index < -0.39 is 23.5 Å². The van der Waals surface area contributed by atoms with Crippen LogP contribution in [0.15, 0.2) is 30.3 Å². The van der Waals surface area contributed by atoms with Gasteiger partial charge in [-0.05, 0) is 25.8 Å². The molecule has 0 heterocycles. The molecule has 0 spiro atoms. The quantitative estimate of drug-likeness (QED) is 0.586. The van der Waals surface area contributed by atoms with Crippen LogP contribution in [-0.4, -0.2) is 34.9 Å². The Kier molecular flexibility index (Phi) is 5.70. The van der Waals surface area contributed by atoms with Gasteiger partial charge in [-0.1, -0.05) is 30.3 Å². The summed E-state index contributed by atoms with van der Waals surface area (Å²) < 4.78 is 4.91. The zero-order valence-corrected chi connectivity index (χ0v) is 11.7. The molecule has 2 unspecified atom stereocenters. The highest BCUT2D eigenvalue weighted by molar-refractivity contribution is 5.99. The highest BCUT2D eigenvalue weighted by Crippen LogP contribution is 2.31. The van der Waals surface area contributed by atoms with E-state index in [0.29, 0.717) is 5.56 Å². The molecule has 0 aliphatic carbocycles. The van der Waals surface area contributed by atoms with Crippen LogP contribution in [0.2, 0.25) is 0 Å². The van der Waals surface area contributed by atoms with Crippen LogP contribution in [0.3, 0.4) is 0 Å². The lowest BCUT2D eigenvalue weighted by Gasteiger charge is -2.28. The molecule has 0 amide bonds. The van der Waals surface area contributed by atoms with Gasteiger partial charge in [-0.3, -0.25) is 9.59 Å². The van der Waals surface area contributed by atoms with Crippen molar-refractivity contribution in [2.75, 3.05) is 6.61 Å². The smallest absolute Gasteiger partial charge is 0.323 e. The summed E-state index contributed by atoms with van der Waals surface area (Å²) in [5.74, 6) is -2.09. The summed E-state index contributed by atoms with van der Waals surface area (Å²) in [7, 11) is 0. The Hall–Kier alpha value is -1.88. The maximum atomic E-state index is 12.1. The number of ether oxygens (including phenoxy) is 1. The first-order valence-corrected chi connectivity index (χ1v) is 6.55. The van der Waals surface area contributed by atoms with Crippen LogP contribution < -0.4 is 0 Å². The topological polar surface area (TPSA) is 83.8 Å². The van der Waals surface area contributed by atoms with Gasteiger partial charge in [0.05, 0.1) is 12.7 Å². The lowest BCUT2D eigenvalue weighted by Crippen LogP contribution is -2.44. The molecule has 0 radical (unpaired) electrons. The number of carbonyl (C=O) groups excluding carboxylic acids is 1. The molecule has 5 heteroatoms. The van der Waals surface area contributed by atoms with E-state index in [1.807, 2.05) is 6.07 Å². The zero-order valence-electron chi connectivity index (χ0n) is 11.7. The second kappa shape index (κ2) is 7.05. The van der Waals surface area contributed by atoms with Crippen LogP contribution >= 0.6 is 0 Å². The zero-order chi connectivity index (χ0) is 15.2. The Labute approximate surface area is 118 Å². The van der Waals surface area contributed by atoms with E-state index in [0.717, 1.165) is 0 Å². The average molecular weight is 280 g/mol. The summed E-state index contributed by atoms with van der Waals surface area (Å²) in [6.07, 6.45) is -1.11. The molecule has 0 saturated heterocycles. The Morgan fingerprint density at radius 3 is 2.35 bits per heavy atom. The minimum absolute atomic E-state index is 0.00704. The highest BCUT2D eigenvalue weighted by Gasteiger charge is 2.48. The molecule has 20 heavy (non-hydrogen) atoms. The van der Waals surface area contributed by atoms with Crippen LogP contribution in [0.1, 0.15) is 25.8 Å². The van der Waals surface area contributed by atoms with E-state index in [2.05, 4.69) is 0 Å². The maximum Gasteiger partial charge on any atom is 0.323 e. The predicted octanol–water partition coefficient (Wildman–Crippen LogP) is 1.63. The number of rotatable bonds is 7. The molecule has 1 aromatic carbocycles. The summed E-state index contributed by atoms with van der Waals surface area (Å²) in [6, 6.07) is 8.85. The van der Waals surface area contributed by atoms with Gasteiger partial charge in [-0.25, -0.2) is 0 Å². The fourth-order valence-corrected chi connectivity index (χ4v) is 2.20. The molecular weight excluding hydrogens is 260 g/mol. The monoisotopic (exact) mass is 280 g/mol. The van der Waals surface area contributed by atoms with Crippen molar-refractivity contribution in [1.82, 2.24) is 0 Å². The van der Waals surface area contributed by atoms with Gasteiger partial charge in [0.1, 0.15) is 0 Å². The van der Waals surface area contributed by atoms with E-state index >= 15 is 0 Å². The Morgan fingerprint density at radius 1 is 1.30 bits per heavy atom. The third kappa shape index (κ3) is 3.81. The van der Waals surface area contributed by atoms with Gasteiger partial charge >= 0.3 is 11.9 Å². The maximum absolute atomic E-state index is 12.1. The SMILES string of the molecule is CCOC(=O)C(Cc1ccccc1)(CC(C)O)C(=O)O. The van der Waals surface area contributed by atoms with Crippen molar-refractivity contribution in [3.63, 3.8) is 0 Å². The van der Waals surface area contributed by atoms with E-state index in [1.54, 1.807) is 31.2 Å². The number of carboxylic acids is 1. The van der Waals surface area contributed by atoms with Gasteiger partial charge in [0.25, 0.3) is 0 Å². The highest BCUT2D eigenvalue weighted by atomic mass is 16.5. The van der Waals surface area contributed by atoms with Crippen molar-refractivity contribution in [3.8, 4) is 0 Å². The van der Waals surface area contributed by atoms with Crippen LogP contribution in [0, 0.1) is 5.41 Å². The summed E-state index contributed by atoms with van der Waals surface area (Å²) in [6.45, 7) is 3.18. The third-order valence-electron chi connectivity index (χ3n) is 3.07. The molecular formula is C15H20O5. The molecule has 0 aromatic heterocycles. The number of carboxylic acid groups (broad SMARTS) is 1. The van der Waals surface area contributed by atoms with E-state index in [-0.39, 0.29) is 19.4 Å². The number of benzene rings is 1. The summed E-state index contributed by atoms with van der Waals surface area (Å²) in [5.41, 5.74) is -1.05. The molecule has 0 bridgehead atoms. The van der Waals surface area contributed by atoms with Crippen molar-refractivity contribution in [3.05, 3.63) is 35.9 Å². The lowest BCUT2D eigenvalue weighted by atomic mass is 9.77. The third-order valence-corrected chi connectivity index (χ3v) is 3.07. The number of carbonyl (C=O) groups is 2. The van der Waals surface area contributed by atoms with Gasteiger partial charge in [0, 0.05) is 6.42 Å². The second-order valence-electron chi connectivity index (χ2n) is 4.82. The van der Waals surface area contributed by atoms with E-state index in [9.17, 15) is 19.8 Å². The molecule has 5 nitrogen and oxygen atoms in total. The van der Waals surface area contributed by atoms with Gasteiger partial charge in [-0.2, -0.15) is 0 Å². The first-order valence-electron chi connectivity index (χ1n) is 6.55. The molecule has 2 N–H and O–H groups in total. The summed E-state index contributed by atoms with van der Waals surface area (Å²) in [5, 5.41) is 19.1. The summed E-state index contributed by atoms with van der Waals surface area (Å²) >= 11 is 0. The first-order chi connectivity index (χ1) is 9.42.